The highest BCUT2D eigenvalue weighted by Crippen LogP contribution is 2.27. The summed E-state index contributed by atoms with van der Waals surface area (Å²) in [6.45, 7) is 1.89. The van der Waals surface area contributed by atoms with E-state index in [2.05, 4.69) is 0 Å². The summed E-state index contributed by atoms with van der Waals surface area (Å²) in [4.78, 5) is 14.2. The molecule has 1 saturated heterocycles. The number of carbonyl (C=O) groups is 1. The molecule has 1 aliphatic heterocycles. The van der Waals surface area contributed by atoms with Crippen LogP contribution in [0.1, 0.15) is 37.7 Å². The SMILES string of the molecule is O=C(C1CCCCC1)N1CC(OCc2ccc(F)cc2)C1. The molecule has 0 aromatic heterocycles. The third kappa shape index (κ3) is 3.62. The zero-order valence-corrected chi connectivity index (χ0v) is 12.3. The molecule has 1 aromatic rings. The van der Waals surface area contributed by atoms with Crippen LogP contribution in [0.4, 0.5) is 4.39 Å². The van der Waals surface area contributed by atoms with Crippen molar-refractivity contribution in [3.63, 3.8) is 0 Å². The molecule has 0 N–H and O–H groups in total. The van der Waals surface area contributed by atoms with Gasteiger partial charge in [-0.25, -0.2) is 4.39 Å². The van der Waals surface area contributed by atoms with Gasteiger partial charge in [-0.05, 0) is 30.5 Å². The van der Waals surface area contributed by atoms with E-state index in [0.717, 1.165) is 18.4 Å². The molecule has 1 aliphatic carbocycles. The molecular weight excluding hydrogens is 269 g/mol. The molecule has 0 radical (unpaired) electrons. The van der Waals surface area contributed by atoms with Crippen LogP contribution in [0, 0.1) is 11.7 Å². The second-order valence-corrected chi connectivity index (χ2v) is 6.14. The first kappa shape index (κ1) is 14.5. The number of benzene rings is 1. The summed E-state index contributed by atoms with van der Waals surface area (Å²) in [5.74, 6) is 0.333. The number of amides is 1. The van der Waals surface area contributed by atoms with Crippen molar-refractivity contribution in [1.82, 2.24) is 4.90 Å². The normalized spacial score (nSPS) is 20.3. The number of halogens is 1. The molecule has 114 valence electrons. The Kier molecular flexibility index (Phi) is 4.54. The lowest BCUT2D eigenvalue weighted by Gasteiger charge is -2.41. The van der Waals surface area contributed by atoms with E-state index in [-0.39, 0.29) is 17.8 Å². The summed E-state index contributed by atoms with van der Waals surface area (Å²) in [5, 5.41) is 0. The summed E-state index contributed by atoms with van der Waals surface area (Å²) in [7, 11) is 0. The maximum Gasteiger partial charge on any atom is 0.225 e. The predicted octanol–water partition coefficient (Wildman–Crippen LogP) is 3.13. The van der Waals surface area contributed by atoms with Gasteiger partial charge in [0.2, 0.25) is 5.91 Å². The molecule has 1 saturated carbocycles. The average Bonchev–Trinajstić information content (AvgIpc) is 2.48. The number of carbonyl (C=O) groups excluding carboxylic acids is 1. The summed E-state index contributed by atoms with van der Waals surface area (Å²) in [5.41, 5.74) is 0.966. The first-order chi connectivity index (χ1) is 10.2. The van der Waals surface area contributed by atoms with E-state index in [4.69, 9.17) is 4.74 Å². The minimum Gasteiger partial charge on any atom is -0.370 e. The van der Waals surface area contributed by atoms with Crippen LogP contribution >= 0.6 is 0 Å². The third-order valence-electron chi connectivity index (χ3n) is 4.51. The lowest BCUT2D eigenvalue weighted by atomic mass is 9.87. The Morgan fingerprint density at radius 2 is 1.81 bits per heavy atom. The first-order valence-corrected chi connectivity index (χ1v) is 7.87. The van der Waals surface area contributed by atoms with Crippen LogP contribution in [0.2, 0.25) is 0 Å². The lowest BCUT2D eigenvalue weighted by molar-refractivity contribution is -0.151. The highest BCUT2D eigenvalue weighted by molar-refractivity contribution is 5.79. The van der Waals surface area contributed by atoms with Crippen molar-refractivity contribution in [1.29, 1.82) is 0 Å². The van der Waals surface area contributed by atoms with Crippen molar-refractivity contribution in [2.75, 3.05) is 13.1 Å². The van der Waals surface area contributed by atoms with Crippen LogP contribution in [0.15, 0.2) is 24.3 Å². The molecule has 2 fully saturated rings. The quantitative estimate of drug-likeness (QED) is 0.853. The Hall–Kier alpha value is -1.42. The molecule has 4 heteroatoms. The van der Waals surface area contributed by atoms with Gasteiger partial charge in [0.15, 0.2) is 0 Å². The van der Waals surface area contributed by atoms with Gasteiger partial charge in [0.05, 0.1) is 12.7 Å². The minimum atomic E-state index is -0.230. The van der Waals surface area contributed by atoms with Gasteiger partial charge in [-0.3, -0.25) is 4.79 Å². The van der Waals surface area contributed by atoms with Crippen LogP contribution < -0.4 is 0 Å². The smallest absolute Gasteiger partial charge is 0.225 e. The van der Waals surface area contributed by atoms with E-state index in [1.54, 1.807) is 12.1 Å². The van der Waals surface area contributed by atoms with Crippen LogP contribution in [0.3, 0.4) is 0 Å². The van der Waals surface area contributed by atoms with Gasteiger partial charge < -0.3 is 9.64 Å². The number of hydrogen-bond donors (Lipinski definition) is 0. The van der Waals surface area contributed by atoms with Crippen LogP contribution in [-0.2, 0) is 16.1 Å². The first-order valence-electron chi connectivity index (χ1n) is 7.87. The van der Waals surface area contributed by atoms with E-state index in [1.165, 1.54) is 31.4 Å². The number of nitrogens with zero attached hydrogens (tertiary/aromatic N) is 1. The minimum absolute atomic E-state index is 0.127. The highest BCUT2D eigenvalue weighted by Gasteiger charge is 2.35. The van der Waals surface area contributed by atoms with Gasteiger partial charge in [-0.15, -0.1) is 0 Å². The fourth-order valence-corrected chi connectivity index (χ4v) is 3.13. The lowest BCUT2D eigenvalue weighted by Crippen LogP contribution is -2.56. The van der Waals surface area contributed by atoms with Crippen molar-refractivity contribution in [2.24, 2.45) is 5.92 Å². The Labute approximate surface area is 125 Å². The fraction of sp³-hybridized carbons (Fsp3) is 0.588. The standard InChI is InChI=1S/C17H22FNO2/c18-15-8-6-13(7-9-15)12-21-16-10-19(11-16)17(20)14-4-2-1-3-5-14/h6-9,14,16H,1-5,10-12H2. The second-order valence-electron chi connectivity index (χ2n) is 6.14. The van der Waals surface area contributed by atoms with Gasteiger partial charge in [0.25, 0.3) is 0 Å². The number of rotatable bonds is 4. The maximum absolute atomic E-state index is 12.8. The zero-order valence-electron chi connectivity index (χ0n) is 12.3. The highest BCUT2D eigenvalue weighted by atomic mass is 19.1. The molecule has 0 unspecified atom stereocenters. The largest absolute Gasteiger partial charge is 0.370 e. The maximum atomic E-state index is 12.8. The Balaban J connectivity index is 1.39. The van der Waals surface area contributed by atoms with Gasteiger partial charge in [-0.1, -0.05) is 31.4 Å². The van der Waals surface area contributed by atoms with Gasteiger partial charge >= 0.3 is 0 Å². The number of hydrogen-bond acceptors (Lipinski definition) is 2. The molecule has 0 bridgehead atoms. The van der Waals surface area contributed by atoms with Crippen molar-refractivity contribution in [3.05, 3.63) is 35.6 Å². The van der Waals surface area contributed by atoms with Crippen molar-refractivity contribution in [2.45, 2.75) is 44.8 Å². The van der Waals surface area contributed by atoms with E-state index >= 15 is 0 Å². The molecule has 1 amide bonds. The van der Waals surface area contributed by atoms with Crippen molar-refractivity contribution in [3.8, 4) is 0 Å². The van der Waals surface area contributed by atoms with Crippen molar-refractivity contribution < 1.29 is 13.9 Å². The number of likely N-dealkylation sites (tertiary alicyclic amines) is 1. The van der Waals surface area contributed by atoms with Gasteiger partial charge in [-0.2, -0.15) is 0 Å². The molecule has 0 spiro atoms. The van der Waals surface area contributed by atoms with E-state index in [0.29, 0.717) is 25.6 Å². The van der Waals surface area contributed by atoms with Crippen LogP contribution in [0.25, 0.3) is 0 Å². The summed E-state index contributed by atoms with van der Waals surface area (Å²) in [6.07, 6.45) is 5.88. The Morgan fingerprint density at radius 1 is 1.14 bits per heavy atom. The van der Waals surface area contributed by atoms with Gasteiger partial charge in [0, 0.05) is 19.0 Å². The molecule has 1 aromatic carbocycles. The summed E-state index contributed by atoms with van der Waals surface area (Å²) >= 11 is 0. The van der Waals surface area contributed by atoms with Crippen LogP contribution in [-0.4, -0.2) is 30.0 Å². The van der Waals surface area contributed by atoms with Crippen LogP contribution in [0.5, 0.6) is 0 Å². The predicted molar refractivity (Wildman–Crippen MR) is 78.1 cm³/mol. The average molecular weight is 291 g/mol. The Morgan fingerprint density at radius 3 is 2.48 bits per heavy atom. The van der Waals surface area contributed by atoms with E-state index in [9.17, 15) is 9.18 Å². The monoisotopic (exact) mass is 291 g/mol. The van der Waals surface area contributed by atoms with Gasteiger partial charge in [0.1, 0.15) is 5.82 Å². The van der Waals surface area contributed by atoms with E-state index < -0.39 is 0 Å². The summed E-state index contributed by atoms with van der Waals surface area (Å²) in [6, 6.07) is 6.36. The molecule has 1 heterocycles. The molecule has 0 atom stereocenters. The number of ether oxygens (including phenoxy) is 1. The molecule has 3 rings (SSSR count). The van der Waals surface area contributed by atoms with Crippen molar-refractivity contribution >= 4 is 5.91 Å². The Bertz CT molecular complexity index is 476. The zero-order chi connectivity index (χ0) is 14.7. The molecular formula is C17H22FNO2. The van der Waals surface area contributed by atoms with E-state index in [1.807, 2.05) is 4.90 Å². The third-order valence-corrected chi connectivity index (χ3v) is 4.51. The summed E-state index contributed by atoms with van der Waals surface area (Å²) < 4.78 is 18.6. The fourth-order valence-electron chi connectivity index (χ4n) is 3.13. The topological polar surface area (TPSA) is 29.5 Å². The molecule has 3 nitrogen and oxygen atoms in total. The molecule has 21 heavy (non-hydrogen) atoms. The molecule has 2 aliphatic rings. The second kappa shape index (κ2) is 6.56.